The minimum Gasteiger partial charge on any atom is -0.495 e. The van der Waals surface area contributed by atoms with Crippen LogP contribution >= 0.6 is 0 Å². The third kappa shape index (κ3) is 3.03. The number of pyridine rings is 1. The van der Waals surface area contributed by atoms with Crippen LogP contribution in [0.1, 0.15) is 5.56 Å². The van der Waals surface area contributed by atoms with Crippen molar-refractivity contribution >= 4 is 11.6 Å². The van der Waals surface area contributed by atoms with Crippen LogP contribution in [0.3, 0.4) is 0 Å². The van der Waals surface area contributed by atoms with Crippen molar-refractivity contribution in [2.24, 2.45) is 0 Å². The number of ether oxygens (including phenoxy) is 1. The van der Waals surface area contributed by atoms with Crippen molar-refractivity contribution in [3.8, 4) is 17.0 Å². The maximum absolute atomic E-state index is 5.20. The molecule has 0 atom stereocenters. The number of nitrogens with zero attached hydrogens (tertiary/aromatic N) is 3. The number of aromatic nitrogens is 3. The number of methoxy groups -OCH3 is 1. The Morgan fingerprint density at radius 1 is 1.09 bits per heavy atom. The highest BCUT2D eigenvalue weighted by atomic mass is 16.5. The van der Waals surface area contributed by atoms with Gasteiger partial charge in [-0.15, -0.1) is 0 Å². The fourth-order valence-corrected chi connectivity index (χ4v) is 2.08. The summed E-state index contributed by atoms with van der Waals surface area (Å²) in [5.41, 5.74) is 3.80. The molecule has 5 nitrogen and oxygen atoms in total. The summed E-state index contributed by atoms with van der Waals surface area (Å²) in [6.45, 7) is 2.04. The summed E-state index contributed by atoms with van der Waals surface area (Å²) in [6, 6.07) is 11.8. The van der Waals surface area contributed by atoms with Gasteiger partial charge in [0.1, 0.15) is 5.75 Å². The molecule has 110 valence electrons. The van der Waals surface area contributed by atoms with Gasteiger partial charge in [-0.25, -0.2) is 9.97 Å². The van der Waals surface area contributed by atoms with Gasteiger partial charge in [-0.2, -0.15) is 0 Å². The SMILES string of the molecule is COc1cncc(-c2ccnc(Nc3ccccc3C)n2)c1. The van der Waals surface area contributed by atoms with Crippen LogP contribution in [-0.2, 0) is 0 Å². The molecule has 0 bridgehead atoms. The van der Waals surface area contributed by atoms with E-state index in [0.29, 0.717) is 11.7 Å². The number of nitrogens with one attached hydrogen (secondary N) is 1. The van der Waals surface area contributed by atoms with Gasteiger partial charge in [0.15, 0.2) is 0 Å². The molecule has 2 aromatic heterocycles. The second kappa shape index (κ2) is 6.22. The smallest absolute Gasteiger partial charge is 0.227 e. The van der Waals surface area contributed by atoms with Gasteiger partial charge >= 0.3 is 0 Å². The summed E-state index contributed by atoms with van der Waals surface area (Å²) in [6.07, 6.45) is 5.14. The van der Waals surface area contributed by atoms with E-state index in [0.717, 1.165) is 22.5 Å². The van der Waals surface area contributed by atoms with Gasteiger partial charge in [-0.3, -0.25) is 4.98 Å². The van der Waals surface area contributed by atoms with Crippen LogP contribution in [0.4, 0.5) is 11.6 Å². The van der Waals surface area contributed by atoms with Crippen molar-refractivity contribution in [1.82, 2.24) is 15.0 Å². The zero-order chi connectivity index (χ0) is 15.4. The Morgan fingerprint density at radius 2 is 1.95 bits per heavy atom. The molecule has 5 heteroatoms. The summed E-state index contributed by atoms with van der Waals surface area (Å²) < 4.78 is 5.20. The number of para-hydroxylation sites is 1. The van der Waals surface area contributed by atoms with E-state index in [4.69, 9.17) is 4.74 Å². The lowest BCUT2D eigenvalue weighted by molar-refractivity contribution is 0.413. The Morgan fingerprint density at radius 3 is 2.77 bits per heavy atom. The Labute approximate surface area is 129 Å². The number of anilines is 2. The maximum atomic E-state index is 5.20. The van der Waals surface area contributed by atoms with Crippen molar-refractivity contribution in [2.45, 2.75) is 6.92 Å². The van der Waals surface area contributed by atoms with Crippen LogP contribution in [0, 0.1) is 6.92 Å². The molecule has 1 N–H and O–H groups in total. The highest BCUT2D eigenvalue weighted by Crippen LogP contribution is 2.23. The second-order valence-electron chi connectivity index (χ2n) is 4.82. The Balaban J connectivity index is 1.91. The number of hydrogen-bond acceptors (Lipinski definition) is 5. The normalized spacial score (nSPS) is 10.3. The Kier molecular flexibility index (Phi) is 3.96. The molecule has 0 saturated carbocycles. The highest BCUT2D eigenvalue weighted by Gasteiger charge is 2.05. The molecule has 0 aliphatic rings. The van der Waals surface area contributed by atoms with Crippen LogP contribution in [0.5, 0.6) is 5.75 Å². The molecule has 3 aromatic rings. The Hall–Kier alpha value is -2.95. The van der Waals surface area contributed by atoms with Gasteiger partial charge in [-0.1, -0.05) is 18.2 Å². The molecule has 0 spiro atoms. The molecule has 0 aliphatic carbocycles. The average Bonchev–Trinajstić information content (AvgIpc) is 2.57. The van der Waals surface area contributed by atoms with Crippen LogP contribution in [0.15, 0.2) is 55.0 Å². The molecule has 3 rings (SSSR count). The number of aryl methyl sites for hydroxylation is 1. The number of benzene rings is 1. The largest absolute Gasteiger partial charge is 0.495 e. The number of rotatable bonds is 4. The lowest BCUT2D eigenvalue weighted by Gasteiger charge is -2.09. The molecule has 0 radical (unpaired) electrons. The molecule has 0 fully saturated rings. The van der Waals surface area contributed by atoms with Gasteiger partial charge < -0.3 is 10.1 Å². The first kappa shape index (κ1) is 14.0. The van der Waals surface area contributed by atoms with Crippen LogP contribution in [0.2, 0.25) is 0 Å². The summed E-state index contributed by atoms with van der Waals surface area (Å²) in [5.74, 6) is 1.25. The standard InChI is InChI=1S/C17H16N4O/c1-12-5-3-4-6-15(12)20-17-19-8-7-16(21-17)13-9-14(22-2)11-18-10-13/h3-11H,1-2H3,(H,19,20,21). The zero-order valence-corrected chi connectivity index (χ0v) is 12.4. The minimum absolute atomic E-state index is 0.551. The lowest BCUT2D eigenvalue weighted by atomic mass is 10.2. The molecule has 0 amide bonds. The minimum atomic E-state index is 0.551. The van der Waals surface area contributed by atoms with Crippen LogP contribution < -0.4 is 10.1 Å². The van der Waals surface area contributed by atoms with Crippen molar-refractivity contribution < 1.29 is 4.74 Å². The molecule has 0 aliphatic heterocycles. The number of hydrogen-bond donors (Lipinski definition) is 1. The first-order chi connectivity index (χ1) is 10.8. The summed E-state index contributed by atoms with van der Waals surface area (Å²) in [7, 11) is 1.62. The van der Waals surface area contributed by atoms with Gasteiger partial charge in [0.2, 0.25) is 5.95 Å². The first-order valence-corrected chi connectivity index (χ1v) is 6.91. The average molecular weight is 292 g/mol. The van der Waals surface area contributed by atoms with Crippen molar-refractivity contribution in [3.05, 3.63) is 60.6 Å². The van der Waals surface area contributed by atoms with E-state index in [1.165, 1.54) is 0 Å². The van der Waals surface area contributed by atoms with Gasteiger partial charge in [-0.05, 0) is 30.7 Å². The summed E-state index contributed by atoms with van der Waals surface area (Å²) in [5, 5.41) is 3.24. The third-order valence-electron chi connectivity index (χ3n) is 3.29. The monoisotopic (exact) mass is 292 g/mol. The Bertz CT molecular complexity index is 789. The van der Waals surface area contributed by atoms with E-state index in [2.05, 4.69) is 20.3 Å². The second-order valence-corrected chi connectivity index (χ2v) is 4.82. The summed E-state index contributed by atoms with van der Waals surface area (Å²) in [4.78, 5) is 13.0. The highest BCUT2D eigenvalue weighted by molar-refractivity contribution is 5.63. The van der Waals surface area contributed by atoms with E-state index in [-0.39, 0.29) is 0 Å². The maximum Gasteiger partial charge on any atom is 0.227 e. The van der Waals surface area contributed by atoms with Crippen molar-refractivity contribution in [3.63, 3.8) is 0 Å². The fourth-order valence-electron chi connectivity index (χ4n) is 2.08. The van der Waals surface area contributed by atoms with E-state index in [1.807, 2.05) is 43.3 Å². The lowest BCUT2D eigenvalue weighted by Crippen LogP contribution is -1.99. The van der Waals surface area contributed by atoms with Crippen LogP contribution in [-0.4, -0.2) is 22.1 Å². The predicted molar refractivity (Wildman–Crippen MR) is 86.3 cm³/mol. The zero-order valence-electron chi connectivity index (χ0n) is 12.4. The topological polar surface area (TPSA) is 59.9 Å². The fraction of sp³-hybridized carbons (Fsp3) is 0.118. The molecule has 0 saturated heterocycles. The summed E-state index contributed by atoms with van der Waals surface area (Å²) >= 11 is 0. The van der Waals surface area contributed by atoms with Crippen molar-refractivity contribution in [2.75, 3.05) is 12.4 Å². The van der Waals surface area contributed by atoms with Crippen LogP contribution in [0.25, 0.3) is 11.3 Å². The van der Waals surface area contributed by atoms with E-state index >= 15 is 0 Å². The molecular formula is C17H16N4O. The molecule has 22 heavy (non-hydrogen) atoms. The molecular weight excluding hydrogens is 276 g/mol. The quantitative estimate of drug-likeness (QED) is 0.796. The molecule has 0 unspecified atom stereocenters. The first-order valence-electron chi connectivity index (χ1n) is 6.91. The third-order valence-corrected chi connectivity index (χ3v) is 3.29. The van der Waals surface area contributed by atoms with Gasteiger partial charge in [0.05, 0.1) is 19.0 Å². The predicted octanol–water partition coefficient (Wildman–Crippen LogP) is 3.60. The van der Waals surface area contributed by atoms with Crippen molar-refractivity contribution in [1.29, 1.82) is 0 Å². The van der Waals surface area contributed by atoms with E-state index < -0.39 is 0 Å². The molecule has 2 heterocycles. The van der Waals surface area contributed by atoms with E-state index in [1.54, 1.807) is 25.7 Å². The van der Waals surface area contributed by atoms with Gasteiger partial charge in [0, 0.05) is 23.6 Å². The van der Waals surface area contributed by atoms with Gasteiger partial charge in [0.25, 0.3) is 0 Å². The van der Waals surface area contributed by atoms with E-state index in [9.17, 15) is 0 Å². The molecule has 1 aromatic carbocycles.